The van der Waals surface area contributed by atoms with Crippen molar-refractivity contribution in [1.82, 2.24) is 5.32 Å². The molecule has 2 aliphatic rings. The number of alkyl halides is 1. The highest BCUT2D eigenvalue weighted by Gasteiger charge is 2.69. The molecule has 1 heterocycles. The number of ether oxygens (including phenoxy) is 3. The van der Waals surface area contributed by atoms with Crippen LogP contribution in [0.25, 0.3) is 0 Å². The van der Waals surface area contributed by atoms with Gasteiger partial charge in [-0.25, -0.2) is 4.79 Å². The molecular weight excluding hydrogens is 346 g/mol. The summed E-state index contributed by atoms with van der Waals surface area (Å²) < 4.78 is 16.9. The first-order valence-corrected chi connectivity index (χ1v) is 9.27. The van der Waals surface area contributed by atoms with Gasteiger partial charge in [-0.3, -0.25) is 0 Å². The van der Waals surface area contributed by atoms with Gasteiger partial charge in [0.05, 0.1) is 6.10 Å². The summed E-state index contributed by atoms with van der Waals surface area (Å²) in [5.74, 6) is -0.207. The zero-order valence-corrected chi connectivity index (χ0v) is 16.4. The molecule has 2 fully saturated rings. The van der Waals surface area contributed by atoms with Gasteiger partial charge in [0.25, 0.3) is 0 Å². The zero-order chi connectivity index (χ0) is 18.8. The Morgan fingerprint density at radius 1 is 1.48 bits per heavy atom. The first-order valence-electron chi connectivity index (χ1n) is 8.74. The maximum atomic E-state index is 11.6. The van der Waals surface area contributed by atoms with Gasteiger partial charge in [0, 0.05) is 26.0 Å². The summed E-state index contributed by atoms with van der Waals surface area (Å²) in [6, 6.07) is 0. The van der Waals surface area contributed by atoms with Crippen molar-refractivity contribution in [2.45, 2.75) is 69.5 Å². The Bertz CT molecular complexity index is 524. The summed E-state index contributed by atoms with van der Waals surface area (Å²) >= 11 is 6.22. The second kappa shape index (κ2) is 7.82. The Hall–Kier alpha value is -0.820. The van der Waals surface area contributed by atoms with Crippen LogP contribution in [0.3, 0.4) is 0 Å². The van der Waals surface area contributed by atoms with E-state index in [9.17, 15) is 9.90 Å². The molecule has 6 atom stereocenters. The van der Waals surface area contributed by atoms with Crippen molar-refractivity contribution in [3.05, 3.63) is 11.6 Å². The molecule has 1 saturated carbocycles. The Morgan fingerprint density at radius 2 is 2.16 bits per heavy atom. The van der Waals surface area contributed by atoms with Crippen molar-refractivity contribution in [2.75, 3.05) is 20.0 Å². The number of epoxide rings is 1. The van der Waals surface area contributed by atoms with Crippen molar-refractivity contribution in [2.24, 2.45) is 5.92 Å². The molecule has 6 unspecified atom stereocenters. The highest BCUT2D eigenvalue weighted by molar-refractivity contribution is 6.18. The fraction of sp³-hybridized carbons (Fsp3) is 0.833. The largest absolute Gasteiger partial charge is 0.443 e. The molecule has 2 rings (SSSR count). The lowest BCUT2D eigenvalue weighted by Crippen LogP contribution is -2.62. The van der Waals surface area contributed by atoms with Gasteiger partial charge in [-0.15, -0.1) is 11.6 Å². The average molecular weight is 376 g/mol. The minimum atomic E-state index is -1.13. The van der Waals surface area contributed by atoms with E-state index in [1.165, 1.54) is 12.6 Å². The van der Waals surface area contributed by atoms with Gasteiger partial charge in [-0.2, -0.15) is 0 Å². The fourth-order valence-corrected chi connectivity index (χ4v) is 4.40. The van der Waals surface area contributed by atoms with E-state index in [1.54, 1.807) is 7.11 Å². The van der Waals surface area contributed by atoms with Crippen LogP contribution in [-0.4, -0.2) is 60.8 Å². The summed E-state index contributed by atoms with van der Waals surface area (Å²) in [6.07, 6.45) is 2.30. The van der Waals surface area contributed by atoms with Gasteiger partial charge in [0.1, 0.15) is 23.4 Å². The van der Waals surface area contributed by atoms with Crippen LogP contribution in [0.2, 0.25) is 0 Å². The molecule has 0 aromatic carbocycles. The van der Waals surface area contributed by atoms with Crippen LogP contribution in [0.1, 0.15) is 40.0 Å². The van der Waals surface area contributed by atoms with E-state index in [0.29, 0.717) is 12.8 Å². The molecular formula is C18H30ClNO5. The van der Waals surface area contributed by atoms with Gasteiger partial charge in [0.2, 0.25) is 0 Å². The molecule has 2 N–H and O–H groups in total. The number of carbonyl (C=O) groups is 1. The van der Waals surface area contributed by atoms with Crippen LogP contribution in [-0.2, 0) is 14.2 Å². The van der Waals surface area contributed by atoms with E-state index in [0.717, 1.165) is 6.42 Å². The highest BCUT2D eigenvalue weighted by atomic mass is 35.5. The SMILES string of the molecule is CNC(=O)OC1CCC(O)(C2(C)OC2CC=C(C)C)C(CCl)C1OC. The first-order chi connectivity index (χ1) is 11.7. The number of aliphatic hydroxyl groups is 1. The van der Waals surface area contributed by atoms with Crippen molar-refractivity contribution in [1.29, 1.82) is 0 Å². The number of nitrogens with one attached hydrogen (secondary N) is 1. The lowest BCUT2D eigenvalue weighted by molar-refractivity contribution is -0.177. The van der Waals surface area contributed by atoms with E-state index in [1.807, 2.05) is 20.8 Å². The maximum Gasteiger partial charge on any atom is 0.407 e. The molecule has 1 amide bonds. The second-order valence-corrected chi connectivity index (χ2v) is 7.66. The van der Waals surface area contributed by atoms with Crippen molar-refractivity contribution >= 4 is 17.7 Å². The summed E-state index contributed by atoms with van der Waals surface area (Å²) in [5.41, 5.74) is -0.582. The van der Waals surface area contributed by atoms with E-state index in [-0.39, 0.29) is 12.0 Å². The predicted molar refractivity (Wildman–Crippen MR) is 95.8 cm³/mol. The van der Waals surface area contributed by atoms with Crippen LogP contribution < -0.4 is 5.32 Å². The van der Waals surface area contributed by atoms with E-state index < -0.39 is 35.4 Å². The van der Waals surface area contributed by atoms with E-state index >= 15 is 0 Å². The predicted octanol–water partition coefficient (Wildman–Crippen LogP) is 2.62. The molecule has 144 valence electrons. The van der Waals surface area contributed by atoms with Gasteiger partial charge in [-0.05, 0) is 40.0 Å². The smallest absolute Gasteiger partial charge is 0.407 e. The van der Waals surface area contributed by atoms with Crippen LogP contribution in [0.4, 0.5) is 4.79 Å². The molecule has 25 heavy (non-hydrogen) atoms. The number of halogens is 1. The Kier molecular flexibility index (Phi) is 6.41. The van der Waals surface area contributed by atoms with Gasteiger partial charge >= 0.3 is 6.09 Å². The fourth-order valence-electron chi connectivity index (χ4n) is 3.97. The van der Waals surface area contributed by atoms with Gasteiger partial charge in [-0.1, -0.05) is 11.6 Å². The molecule has 1 saturated heterocycles. The molecule has 1 aliphatic heterocycles. The number of carbonyl (C=O) groups excluding carboxylic acids is 1. The van der Waals surface area contributed by atoms with Crippen molar-refractivity contribution in [3.63, 3.8) is 0 Å². The quantitative estimate of drug-likeness (QED) is 0.424. The Labute approximate surface area is 154 Å². The third kappa shape index (κ3) is 3.82. The number of alkyl carbamates (subject to hydrolysis) is 1. The number of rotatable bonds is 6. The van der Waals surface area contributed by atoms with Crippen LogP contribution in [0.5, 0.6) is 0 Å². The molecule has 0 bridgehead atoms. The topological polar surface area (TPSA) is 80.3 Å². The number of hydrogen-bond donors (Lipinski definition) is 2. The lowest BCUT2D eigenvalue weighted by atomic mass is 9.65. The van der Waals surface area contributed by atoms with Crippen LogP contribution in [0, 0.1) is 5.92 Å². The summed E-state index contributed by atoms with van der Waals surface area (Å²) in [7, 11) is 3.06. The maximum absolute atomic E-state index is 11.6. The normalized spacial score (nSPS) is 40.3. The molecule has 0 radical (unpaired) electrons. The third-order valence-corrected chi connectivity index (χ3v) is 5.96. The van der Waals surface area contributed by atoms with E-state index in [2.05, 4.69) is 11.4 Å². The molecule has 1 aliphatic carbocycles. The van der Waals surface area contributed by atoms with Crippen LogP contribution in [0.15, 0.2) is 11.6 Å². The minimum Gasteiger partial charge on any atom is -0.443 e. The number of amides is 1. The zero-order valence-electron chi connectivity index (χ0n) is 15.7. The number of methoxy groups -OCH3 is 1. The van der Waals surface area contributed by atoms with Crippen molar-refractivity contribution < 1.29 is 24.1 Å². The van der Waals surface area contributed by atoms with Gasteiger partial charge < -0.3 is 24.6 Å². The van der Waals surface area contributed by atoms with Crippen molar-refractivity contribution in [3.8, 4) is 0 Å². The van der Waals surface area contributed by atoms with Crippen LogP contribution >= 0.6 is 11.6 Å². The molecule has 6 nitrogen and oxygen atoms in total. The summed E-state index contributed by atoms with van der Waals surface area (Å²) in [4.78, 5) is 11.6. The standard InChI is InChI=1S/C18H30ClNO5/c1-11(2)6-7-14-17(3,25-14)18(22)9-8-13(24-16(21)20-4)15(23-5)12(18)10-19/h6,12-15,22H,7-10H2,1-5H3,(H,20,21). The van der Waals surface area contributed by atoms with E-state index in [4.69, 9.17) is 25.8 Å². The minimum absolute atomic E-state index is 0.0490. The number of hydrogen-bond acceptors (Lipinski definition) is 5. The Balaban J connectivity index is 2.18. The summed E-state index contributed by atoms with van der Waals surface area (Å²) in [5, 5.41) is 14.0. The molecule has 0 spiro atoms. The molecule has 7 heteroatoms. The molecule has 0 aromatic rings. The third-order valence-electron chi connectivity index (χ3n) is 5.63. The number of allylic oxidation sites excluding steroid dienone is 1. The highest BCUT2D eigenvalue weighted by Crippen LogP contribution is 2.55. The second-order valence-electron chi connectivity index (χ2n) is 7.35. The average Bonchev–Trinajstić information content (AvgIpc) is 3.26. The lowest BCUT2D eigenvalue weighted by Gasteiger charge is -2.48. The first kappa shape index (κ1) is 20.5. The monoisotopic (exact) mass is 375 g/mol. The Morgan fingerprint density at radius 3 is 2.68 bits per heavy atom. The molecule has 0 aromatic heterocycles. The van der Waals surface area contributed by atoms with Gasteiger partial charge in [0.15, 0.2) is 0 Å². The summed E-state index contributed by atoms with van der Waals surface area (Å²) in [6.45, 7) is 6.01.